The maximum absolute atomic E-state index is 11.6. The average molecular weight is 337 g/mol. The zero-order chi connectivity index (χ0) is 17.6. The van der Waals surface area contributed by atoms with Crippen LogP contribution in [0.3, 0.4) is 0 Å². The highest BCUT2D eigenvalue weighted by Gasteiger charge is 2.17. The van der Waals surface area contributed by atoms with Crippen LogP contribution in [0.2, 0.25) is 0 Å². The van der Waals surface area contributed by atoms with Gasteiger partial charge >= 0.3 is 5.97 Å². The highest BCUT2D eigenvalue weighted by molar-refractivity contribution is 6.02. The van der Waals surface area contributed by atoms with Gasteiger partial charge in [0.25, 0.3) is 0 Å². The van der Waals surface area contributed by atoms with Crippen LogP contribution in [-0.2, 0) is 13.0 Å². The van der Waals surface area contributed by atoms with Gasteiger partial charge in [-0.1, -0.05) is 0 Å². The first-order chi connectivity index (χ1) is 12.0. The van der Waals surface area contributed by atoms with Gasteiger partial charge in [0, 0.05) is 18.3 Å². The largest absolute Gasteiger partial charge is 0.478 e. The summed E-state index contributed by atoms with van der Waals surface area (Å²) in [7, 11) is 0. The number of aryl methyl sites for hydroxylation is 2. The van der Waals surface area contributed by atoms with Crippen LogP contribution in [-0.4, -0.2) is 35.6 Å². The Hall–Kier alpha value is -2.96. The van der Waals surface area contributed by atoms with E-state index in [9.17, 15) is 9.90 Å². The molecule has 3 aromatic rings. The van der Waals surface area contributed by atoms with Crippen molar-refractivity contribution < 1.29 is 9.90 Å². The van der Waals surface area contributed by atoms with E-state index in [-0.39, 0.29) is 11.6 Å². The van der Waals surface area contributed by atoms with Crippen molar-refractivity contribution in [2.75, 3.05) is 0 Å². The lowest BCUT2D eigenvalue weighted by atomic mass is 10.1. The van der Waals surface area contributed by atoms with Crippen LogP contribution < -0.4 is 0 Å². The van der Waals surface area contributed by atoms with Gasteiger partial charge in [0.1, 0.15) is 0 Å². The van der Waals surface area contributed by atoms with Gasteiger partial charge in [-0.25, -0.2) is 14.5 Å². The fourth-order valence-electron chi connectivity index (χ4n) is 3.21. The zero-order valence-electron chi connectivity index (χ0n) is 14.2. The number of hydrogen-bond donors (Lipinski definition) is 1. The molecule has 0 bridgehead atoms. The minimum atomic E-state index is -0.980. The molecule has 1 N–H and O–H groups in total. The molecule has 0 saturated heterocycles. The van der Waals surface area contributed by atoms with E-state index >= 15 is 0 Å². The van der Waals surface area contributed by atoms with Crippen molar-refractivity contribution in [2.24, 2.45) is 0 Å². The Morgan fingerprint density at radius 1 is 1.28 bits per heavy atom. The first kappa shape index (κ1) is 15.6. The first-order valence-electron chi connectivity index (χ1n) is 8.39. The lowest BCUT2D eigenvalue weighted by Crippen LogP contribution is -2.05. The van der Waals surface area contributed by atoms with E-state index in [1.54, 1.807) is 16.9 Å². The summed E-state index contributed by atoms with van der Waals surface area (Å²) in [6.07, 6.45) is 7.45. The predicted octanol–water partition coefficient (Wildman–Crippen LogP) is 3.02. The molecule has 0 atom stereocenters. The van der Waals surface area contributed by atoms with Crippen molar-refractivity contribution in [2.45, 2.75) is 39.3 Å². The third-order valence-electron chi connectivity index (χ3n) is 4.42. The van der Waals surface area contributed by atoms with E-state index in [0.717, 1.165) is 25.1 Å². The van der Waals surface area contributed by atoms with E-state index in [1.165, 1.54) is 5.69 Å². The predicted molar refractivity (Wildman–Crippen MR) is 94.3 cm³/mol. The maximum atomic E-state index is 11.6. The minimum absolute atomic E-state index is 0.0991. The summed E-state index contributed by atoms with van der Waals surface area (Å²) >= 11 is 0. The molecule has 0 spiro atoms. The summed E-state index contributed by atoms with van der Waals surface area (Å²) < 4.78 is 3.76. The molecule has 0 aromatic carbocycles. The Morgan fingerprint density at radius 3 is 2.80 bits per heavy atom. The Balaban J connectivity index is 1.76. The SMILES string of the molecule is CC(C)n1ncc2c(C(=O)O)cc(/C=C/c3cc4n(n3)CCC4)nc21. The van der Waals surface area contributed by atoms with Crippen molar-refractivity contribution in [3.63, 3.8) is 0 Å². The number of carbonyl (C=O) groups is 1. The molecule has 7 nitrogen and oxygen atoms in total. The molecule has 1 aliphatic rings. The number of aromatic carboxylic acids is 1. The van der Waals surface area contributed by atoms with Gasteiger partial charge in [-0.15, -0.1) is 0 Å². The Bertz CT molecular complexity index is 975. The van der Waals surface area contributed by atoms with E-state index in [1.807, 2.05) is 30.7 Å². The fourth-order valence-corrected chi connectivity index (χ4v) is 3.21. The molecule has 4 rings (SSSR count). The van der Waals surface area contributed by atoms with E-state index in [0.29, 0.717) is 16.7 Å². The molecule has 0 unspecified atom stereocenters. The highest BCUT2D eigenvalue weighted by atomic mass is 16.4. The summed E-state index contributed by atoms with van der Waals surface area (Å²) in [4.78, 5) is 16.2. The molecule has 7 heteroatoms. The normalized spacial score (nSPS) is 14.0. The van der Waals surface area contributed by atoms with Gasteiger partial charge in [-0.3, -0.25) is 4.68 Å². The molecule has 0 amide bonds. The number of aromatic nitrogens is 5. The van der Waals surface area contributed by atoms with Crippen LogP contribution >= 0.6 is 0 Å². The third-order valence-corrected chi connectivity index (χ3v) is 4.42. The smallest absolute Gasteiger partial charge is 0.336 e. The van der Waals surface area contributed by atoms with Gasteiger partial charge in [0.2, 0.25) is 0 Å². The van der Waals surface area contributed by atoms with E-state index in [2.05, 4.69) is 21.2 Å². The van der Waals surface area contributed by atoms with Gasteiger partial charge in [-0.2, -0.15) is 10.2 Å². The lowest BCUT2D eigenvalue weighted by molar-refractivity contribution is 0.0699. The van der Waals surface area contributed by atoms with Crippen molar-refractivity contribution in [1.29, 1.82) is 0 Å². The van der Waals surface area contributed by atoms with Crippen molar-refractivity contribution in [3.05, 3.63) is 41.0 Å². The second-order valence-corrected chi connectivity index (χ2v) is 6.54. The van der Waals surface area contributed by atoms with E-state index < -0.39 is 5.97 Å². The third kappa shape index (κ3) is 2.71. The minimum Gasteiger partial charge on any atom is -0.478 e. The summed E-state index contributed by atoms with van der Waals surface area (Å²) in [6.45, 7) is 4.94. The van der Waals surface area contributed by atoms with Gasteiger partial charge in [0.15, 0.2) is 5.65 Å². The standard InChI is InChI=1S/C18H19N5O2/c1-11(2)23-17-16(10-19-23)15(18(24)25)9-12(20-17)5-6-13-8-14-4-3-7-22(14)21-13/h5-6,8-11H,3-4,7H2,1-2H3,(H,24,25)/b6-5+. The summed E-state index contributed by atoms with van der Waals surface area (Å²) in [5.41, 5.74) is 3.49. The van der Waals surface area contributed by atoms with Crippen LogP contribution in [0.25, 0.3) is 23.2 Å². The average Bonchev–Trinajstić information content (AvgIpc) is 3.25. The summed E-state index contributed by atoms with van der Waals surface area (Å²) in [5, 5.41) is 18.9. The highest BCUT2D eigenvalue weighted by Crippen LogP contribution is 2.22. The van der Waals surface area contributed by atoms with Gasteiger partial charge in [-0.05, 0) is 51.0 Å². The molecule has 4 heterocycles. The number of carboxylic acid groups (broad SMARTS) is 1. The monoisotopic (exact) mass is 337 g/mol. The van der Waals surface area contributed by atoms with Crippen LogP contribution in [0.5, 0.6) is 0 Å². The van der Waals surface area contributed by atoms with E-state index in [4.69, 9.17) is 0 Å². The molecule has 128 valence electrons. The van der Waals surface area contributed by atoms with Crippen LogP contribution in [0.4, 0.5) is 0 Å². The van der Waals surface area contributed by atoms with Gasteiger partial charge in [0.05, 0.1) is 28.5 Å². The molecule has 1 aliphatic heterocycles. The maximum Gasteiger partial charge on any atom is 0.336 e. The molecule has 25 heavy (non-hydrogen) atoms. The zero-order valence-corrected chi connectivity index (χ0v) is 14.2. The second kappa shape index (κ2) is 5.84. The number of fused-ring (bicyclic) bond motifs is 2. The van der Waals surface area contributed by atoms with Crippen LogP contribution in [0.15, 0.2) is 18.3 Å². The Morgan fingerprint density at radius 2 is 2.08 bits per heavy atom. The molecular formula is C18H19N5O2. The molecule has 0 aliphatic carbocycles. The molecule has 0 saturated carbocycles. The second-order valence-electron chi connectivity index (χ2n) is 6.54. The molecule has 3 aromatic heterocycles. The van der Waals surface area contributed by atoms with Crippen LogP contribution in [0.1, 0.15) is 53.7 Å². The first-order valence-corrected chi connectivity index (χ1v) is 8.39. The van der Waals surface area contributed by atoms with Gasteiger partial charge < -0.3 is 5.11 Å². The number of rotatable bonds is 4. The summed E-state index contributed by atoms with van der Waals surface area (Å²) in [5.74, 6) is -0.980. The number of hydrogen-bond acceptors (Lipinski definition) is 4. The Labute approximate surface area is 144 Å². The van der Waals surface area contributed by atoms with Crippen molar-refractivity contribution >= 4 is 29.2 Å². The number of nitrogens with zero attached hydrogens (tertiary/aromatic N) is 5. The Kier molecular flexibility index (Phi) is 3.63. The lowest BCUT2D eigenvalue weighted by Gasteiger charge is -2.07. The van der Waals surface area contributed by atoms with Crippen molar-refractivity contribution in [1.82, 2.24) is 24.5 Å². The molecule has 0 radical (unpaired) electrons. The molecular weight excluding hydrogens is 318 g/mol. The van der Waals surface area contributed by atoms with Crippen LogP contribution in [0, 0.1) is 0 Å². The quantitative estimate of drug-likeness (QED) is 0.791. The number of pyridine rings is 1. The topological polar surface area (TPSA) is 85.8 Å². The van der Waals surface area contributed by atoms with Crippen molar-refractivity contribution in [3.8, 4) is 0 Å². The fraction of sp³-hybridized carbons (Fsp3) is 0.333. The summed E-state index contributed by atoms with van der Waals surface area (Å²) in [6, 6.07) is 3.75. The number of carboxylic acids is 1. The molecule has 0 fully saturated rings.